The van der Waals surface area contributed by atoms with E-state index in [4.69, 9.17) is 4.74 Å². The molecule has 0 heterocycles. The van der Waals surface area contributed by atoms with Crippen molar-refractivity contribution in [3.05, 3.63) is 29.3 Å². The summed E-state index contributed by atoms with van der Waals surface area (Å²) in [7, 11) is 0. The molecule has 5 nitrogen and oxygen atoms in total. The van der Waals surface area contributed by atoms with Crippen LogP contribution in [0.3, 0.4) is 0 Å². The second-order valence-electron chi connectivity index (χ2n) is 6.90. The van der Waals surface area contributed by atoms with E-state index in [0.29, 0.717) is 5.56 Å². The molecule has 1 aromatic carbocycles. The van der Waals surface area contributed by atoms with Crippen LogP contribution in [0.25, 0.3) is 0 Å². The number of hydrogen-bond acceptors (Lipinski definition) is 4. The summed E-state index contributed by atoms with van der Waals surface area (Å²) in [6.07, 6.45) is 0.763. The zero-order valence-corrected chi connectivity index (χ0v) is 13.5. The van der Waals surface area contributed by atoms with Crippen molar-refractivity contribution >= 4 is 12.3 Å². The lowest BCUT2D eigenvalue weighted by Gasteiger charge is -2.19. The number of nitrogens with one attached hydrogen (secondary N) is 1. The average Bonchev–Trinajstić information content (AvgIpc) is 2.27. The largest absolute Gasteiger partial charge is 0.507 e. The molecule has 1 amide bonds. The molecule has 0 bridgehead atoms. The van der Waals surface area contributed by atoms with E-state index in [9.17, 15) is 9.90 Å². The monoisotopic (exact) mass is 292 g/mol. The van der Waals surface area contributed by atoms with Crippen molar-refractivity contribution in [2.45, 2.75) is 52.6 Å². The van der Waals surface area contributed by atoms with E-state index in [2.05, 4.69) is 31.3 Å². The Balaban J connectivity index is 2.79. The number of ether oxygens (including phenoxy) is 1. The van der Waals surface area contributed by atoms with Gasteiger partial charge in [-0.1, -0.05) is 26.8 Å². The summed E-state index contributed by atoms with van der Waals surface area (Å²) in [4.78, 5) is 11.5. The van der Waals surface area contributed by atoms with Crippen LogP contribution in [0.4, 0.5) is 4.79 Å². The Labute approximate surface area is 126 Å². The smallest absolute Gasteiger partial charge is 0.428 e. The summed E-state index contributed by atoms with van der Waals surface area (Å²) in [5.41, 5.74) is 3.27. The van der Waals surface area contributed by atoms with Gasteiger partial charge in [0, 0.05) is 5.56 Å². The maximum atomic E-state index is 11.5. The summed E-state index contributed by atoms with van der Waals surface area (Å²) in [6.45, 7) is 11.6. The minimum absolute atomic E-state index is 0.0329. The van der Waals surface area contributed by atoms with Crippen molar-refractivity contribution < 1.29 is 14.6 Å². The molecule has 0 atom stereocenters. The van der Waals surface area contributed by atoms with Gasteiger partial charge in [-0.25, -0.2) is 10.2 Å². The first-order chi connectivity index (χ1) is 9.49. The molecule has 1 aromatic rings. The van der Waals surface area contributed by atoms with Crippen LogP contribution in [0, 0.1) is 0 Å². The molecule has 5 heteroatoms. The van der Waals surface area contributed by atoms with Crippen molar-refractivity contribution in [2.24, 2.45) is 5.10 Å². The lowest BCUT2D eigenvalue weighted by Crippen LogP contribution is -2.29. The number of rotatable bonds is 2. The fourth-order valence-electron chi connectivity index (χ4n) is 1.58. The number of nitrogens with zero attached hydrogens (tertiary/aromatic N) is 1. The van der Waals surface area contributed by atoms with Crippen LogP contribution in [-0.4, -0.2) is 23.0 Å². The van der Waals surface area contributed by atoms with Crippen molar-refractivity contribution in [1.29, 1.82) is 0 Å². The fraction of sp³-hybridized carbons (Fsp3) is 0.500. The highest BCUT2D eigenvalue weighted by molar-refractivity contribution is 5.84. The number of carbonyl (C=O) groups is 1. The van der Waals surface area contributed by atoms with Crippen LogP contribution in [0.15, 0.2) is 23.3 Å². The van der Waals surface area contributed by atoms with Crippen LogP contribution in [0.5, 0.6) is 5.75 Å². The van der Waals surface area contributed by atoms with Gasteiger partial charge in [0.25, 0.3) is 0 Å². The lowest BCUT2D eigenvalue weighted by atomic mass is 9.86. The van der Waals surface area contributed by atoms with Gasteiger partial charge in [-0.15, -0.1) is 0 Å². The summed E-state index contributed by atoms with van der Waals surface area (Å²) >= 11 is 0. The standard InChI is InChI=1S/C16H24N2O3/c1-15(2,3)12-7-8-13(19)11(9-12)10-17-18-14(20)21-16(4,5)6/h7-10,19H,1-6H3,(H,18,20)/b17-10-. The van der Waals surface area contributed by atoms with Gasteiger partial charge in [0.15, 0.2) is 0 Å². The Morgan fingerprint density at radius 1 is 1.24 bits per heavy atom. The summed E-state index contributed by atoms with van der Waals surface area (Å²) in [5, 5.41) is 13.6. The molecule has 2 N–H and O–H groups in total. The number of phenols is 1. The number of amides is 1. The van der Waals surface area contributed by atoms with Crippen molar-refractivity contribution in [1.82, 2.24) is 5.43 Å². The molecular weight excluding hydrogens is 268 g/mol. The zero-order valence-electron chi connectivity index (χ0n) is 13.5. The molecule has 0 saturated heterocycles. The van der Waals surface area contributed by atoms with Crippen molar-refractivity contribution in [3.63, 3.8) is 0 Å². The molecule has 21 heavy (non-hydrogen) atoms. The Morgan fingerprint density at radius 2 is 1.86 bits per heavy atom. The van der Waals surface area contributed by atoms with E-state index >= 15 is 0 Å². The van der Waals surface area contributed by atoms with Gasteiger partial charge in [0.2, 0.25) is 0 Å². The highest BCUT2D eigenvalue weighted by Crippen LogP contribution is 2.26. The number of aromatic hydroxyl groups is 1. The molecule has 0 unspecified atom stereocenters. The average molecular weight is 292 g/mol. The number of carbonyl (C=O) groups excluding carboxylic acids is 1. The van der Waals surface area contributed by atoms with Gasteiger partial charge >= 0.3 is 6.09 Å². The van der Waals surface area contributed by atoms with E-state index in [0.717, 1.165) is 5.56 Å². The topological polar surface area (TPSA) is 70.9 Å². The van der Waals surface area contributed by atoms with Gasteiger partial charge < -0.3 is 9.84 Å². The Bertz CT molecular complexity index is 537. The predicted molar refractivity (Wildman–Crippen MR) is 83.8 cm³/mol. The Kier molecular flexibility index (Phi) is 4.99. The lowest BCUT2D eigenvalue weighted by molar-refractivity contribution is 0.0529. The number of phenolic OH excluding ortho intramolecular Hbond substituents is 1. The van der Waals surface area contributed by atoms with Crippen LogP contribution >= 0.6 is 0 Å². The van der Waals surface area contributed by atoms with E-state index in [1.54, 1.807) is 26.8 Å². The first-order valence-electron chi connectivity index (χ1n) is 6.84. The molecule has 0 aliphatic heterocycles. The Hall–Kier alpha value is -2.04. The highest BCUT2D eigenvalue weighted by Gasteiger charge is 2.16. The quantitative estimate of drug-likeness (QED) is 0.647. The van der Waals surface area contributed by atoms with Gasteiger partial charge in [-0.05, 0) is 43.9 Å². The predicted octanol–water partition coefficient (Wildman–Crippen LogP) is 3.55. The van der Waals surface area contributed by atoms with Crippen molar-refractivity contribution in [3.8, 4) is 5.75 Å². The molecule has 0 aromatic heterocycles. The SMILES string of the molecule is CC(C)(C)OC(=O)N/N=C\c1cc(C(C)(C)C)ccc1O. The molecule has 0 aliphatic rings. The third kappa shape index (κ3) is 5.85. The van der Waals surface area contributed by atoms with Crippen LogP contribution in [0.2, 0.25) is 0 Å². The maximum absolute atomic E-state index is 11.5. The van der Waals surface area contributed by atoms with E-state index in [1.807, 2.05) is 12.1 Å². The summed E-state index contributed by atoms with van der Waals surface area (Å²) in [5.74, 6) is 0.109. The van der Waals surface area contributed by atoms with Gasteiger partial charge in [0.05, 0.1) is 6.21 Å². The third-order valence-corrected chi connectivity index (χ3v) is 2.65. The molecule has 1 rings (SSSR count). The van der Waals surface area contributed by atoms with Gasteiger partial charge in [-0.2, -0.15) is 5.10 Å². The van der Waals surface area contributed by atoms with Gasteiger partial charge in [0.1, 0.15) is 11.4 Å². The third-order valence-electron chi connectivity index (χ3n) is 2.65. The molecule has 116 valence electrons. The minimum Gasteiger partial charge on any atom is -0.507 e. The Morgan fingerprint density at radius 3 is 2.38 bits per heavy atom. The van der Waals surface area contributed by atoms with Gasteiger partial charge in [-0.3, -0.25) is 0 Å². The summed E-state index contributed by atoms with van der Waals surface area (Å²) < 4.78 is 5.06. The van der Waals surface area contributed by atoms with E-state index in [1.165, 1.54) is 6.21 Å². The molecule has 0 aliphatic carbocycles. The van der Waals surface area contributed by atoms with Crippen molar-refractivity contribution in [2.75, 3.05) is 0 Å². The van der Waals surface area contributed by atoms with E-state index < -0.39 is 11.7 Å². The van der Waals surface area contributed by atoms with E-state index in [-0.39, 0.29) is 11.2 Å². The molecule has 0 saturated carbocycles. The highest BCUT2D eigenvalue weighted by atomic mass is 16.6. The molecular formula is C16H24N2O3. The molecule has 0 fully saturated rings. The maximum Gasteiger partial charge on any atom is 0.428 e. The second-order valence-corrected chi connectivity index (χ2v) is 6.90. The first-order valence-corrected chi connectivity index (χ1v) is 6.84. The molecule has 0 spiro atoms. The van der Waals surface area contributed by atoms with Crippen LogP contribution in [-0.2, 0) is 10.2 Å². The number of hydrazone groups is 1. The second kappa shape index (κ2) is 6.16. The van der Waals surface area contributed by atoms with Crippen LogP contribution in [0.1, 0.15) is 52.7 Å². The zero-order chi connectivity index (χ0) is 16.3. The fourth-order valence-corrected chi connectivity index (χ4v) is 1.58. The first kappa shape index (κ1) is 17.0. The summed E-state index contributed by atoms with van der Waals surface area (Å²) in [6, 6.07) is 5.33. The van der Waals surface area contributed by atoms with Crippen LogP contribution < -0.4 is 5.43 Å². The minimum atomic E-state index is -0.634. The normalized spacial score (nSPS) is 12.5. The number of hydrogen-bond donors (Lipinski definition) is 2. The number of benzene rings is 1. The molecule has 0 radical (unpaired) electrons.